The second-order valence-electron chi connectivity index (χ2n) is 2.53. The van der Waals surface area contributed by atoms with Gasteiger partial charge in [-0.05, 0) is 6.07 Å². The fraction of sp³-hybridized carbons (Fsp3) is 0.125. The second-order valence-corrected chi connectivity index (χ2v) is 2.53. The minimum atomic E-state index is 0.349. The molecular weight excluding hydrogens is 166 g/mol. The summed E-state index contributed by atoms with van der Waals surface area (Å²) in [6.07, 6.45) is 3.18. The zero-order valence-corrected chi connectivity index (χ0v) is 6.81. The summed E-state index contributed by atoms with van der Waals surface area (Å²) in [5.41, 5.74) is 6.78. The summed E-state index contributed by atoms with van der Waals surface area (Å²) in [5, 5.41) is 8.81. The standard InChI is InChI=1S/C8H7N5/c9-3-6-1-2-11-8-12-5-7(4-10)13(6)8/h1-2,5H,4,10H2. The third-order valence-electron chi connectivity index (χ3n) is 1.80. The van der Waals surface area contributed by atoms with Gasteiger partial charge in [-0.25, -0.2) is 9.97 Å². The topological polar surface area (TPSA) is 80.0 Å². The van der Waals surface area contributed by atoms with Gasteiger partial charge in [0.15, 0.2) is 0 Å². The number of nitriles is 1. The van der Waals surface area contributed by atoms with E-state index in [1.807, 2.05) is 0 Å². The van der Waals surface area contributed by atoms with Crippen molar-refractivity contribution in [2.45, 2.75) is 6.54 Å². The van der Waals surface area contributed by atoms with Gasteiger partial charge in [0, 0.05) is 12.7 Å². The van der Waals surface area contributed by atoms with E-state index in [9.17, 15) is 0 Å². The first-order valence-corrected chi connectivity index (χ1v) is 3.78. The molecule has 0 unspecified atom stereocenters. The fourth-order valence-corrected chi connectivity index (χ4v) is 1.21. The Bertz CT molecular complexity index is 479. The Morgan fingerprint density at radius 1 is 1.54 bits per heavy atom. The molecule has 0 aromatic carbocycles. The minimum Gasteiger partial charge on any atom is -0.325 e. The molecule has 13 heavy (non-hydrogen) atoms. The van der Waals surface area contributed by atoms with Crippen LogP contribution in [-0.4, -0.2) is 14.4 Å². The van der Waals surface area contributed by atoms with Gasteiger partial charge in [-0.15, -0.1) is 0 Å². The van der Waals surface area contributed by atoms with Gasteiger partial charge < -0.3 is 5.73 Å². The molecule has 0 saturated heterocycles. The van der Waals surface area contributed by atoms with Crippen molar-refractivity contribution in [2.75, 3.05) is 0 Å². The molecule has 0 aliphatic carbocycles. The lowest BCUT2D eigenvalue weighted by Gasteiger charge is -1.98. The number of nitrogens with zero attached hydrogens (tertiary/aromatic N) is 4. The van der Waals surface area contributed by atoms with E-state index in [0.717, 1.165) is 5.69 Å². The SMILES string of the molecule is N#Cc1ccnc2ncc(CN)n12. The highest BCUT2D eigenvalue weighted by Gasteiger charge is 2.05. The van der Waals surface area contributed by atoms with Gasteiger partial charge in [-0.2, -0.15) is 5.26 Å². The van der Waals surface area contributed by atoms with Crippen molar-refractivity contribution in [3.63, 3.8) is 0 Å². The molecule has 5 nitrogen and oxygen atoms in total. The average molecular weight is 173 g/mol. The van der Waals surface area contributed by atoms with Gasteiger partial charge in [0.2, 0.25) is 5.78 Å². The maximum absolute atomic E-state index is 8.81. The van der Waals surface area contributed by atoms with Crippen LogP contribution in [0, 0.1) is 11.3 Å². The van der Waals surface area contributed by atoms with E-state index in [1.54, 1.807) is 22.9 Å². The van der Waals surface area contributed by atoms with Crippen molar-refractivity contribution in [1.82, 2.24) is 14.4 Å². The molecule has 5 heteroatoms. The molecule has 0 spiro atoms. The second kappa shape index (κ2) is 2.84. The summed E-state index contributed by atoms with van der Waals surface area (Å²) in [6.45, 7) is 0.349. The zero-order chi connectivity index (χ0) is 9.26. The summed E-state index contributed by atoms with van der Waals surface area (Å²) in [5.74, 6) is 0.513. The molecular formula is C8H7N5. The smallest absolute Gasteiger partial charge is 0.234 e. The Labute approximate surface area is 74.5 Å². The minimum absolute atomic E-state index is 0.349. The van der Waals surface area contributed by atoms with Crippen LogP contribution in [0.25, 0.3) is 5.78 Å². The summed E-state index contributed by atoms with van der Waals surface area (Å²) in [4.78, 5) is 8.02. The number of aromatic nitrogens is 3. The van der Waals surface area contributed by atoms with Crippen LogP contribution in [0.1, 0.15) is 11.4 Å². The number of hydrogen-bond donors (Lipinski definition) is 1. The average Bonchev–Trinajstić information content (AvgIpc) is 2.60. The van der Waals surface area contributed by atoms with E-state index in [1.165, 1.54) is 0 Å². The Kier molecular flexibility index (Phi) is 1.69. The first kappa shape index (κ1) is 7.71. The van der Waals surface area contributed by atoms with E-state index < -0.39 is 0 Å². The molecule has 2 N–H and O–H groups in total. The lowest BCUT2D eigenvalue weighted by molar-refractivity contribution is 0.935. The predicted octanol–water partition coefficient (Wildman–Crippen LogP) is 0.0597. The number of imidazole rings is 1. The van der Waals surface area contributed by atoms with Crippen LogP contribution in [0.5, 0.6) is 0 Å². The lowest BCUT2D eigenvalue weighted by Crippen LogP contribution is -2.03. The van der Waals surface area contributed by atoms with Crippen molar-refractivity contribution in [2.24, 2.45) is 5.73 Å². The zero-order valence-electron chi connectivity index (χ0n) is 6.81. The van der Waals surface area contributed by atoms with Gasteiger partial charge in [0.1, 0.15) is 11.8 Å². The number of fused-ring (bicyclic) bond motifs is 1. The van der Waals surface area contributed by atoms with E-state index >= 15 is 0 Å². The molecule has 2 rings (SSSR count). The van der Waals surface area contributed by atoms with Crippen molar-refractivity contribution in [3.05, 3.63) is 29.8 Å². The van der Waals surface area contributed by atoms with Gasteiger partial charge >= 0.3 is 0 Å². The van der Waals surface area contributed by atoms with Crippen molar-refractivity contribution < 1.29 is 0 Å². The van der Waals surface area contributed by atoms with E-state index in [4.69, 9.17) is 11.0 Å². The lowest BCUT2D eigenvalue weighted by atomic mass is 10.4. The van der Waals surface area contributed by atoms with E-state index in [-0.39, 0.29) is 0 Å². The first-order chi connectivity index (χ1) is 6.36. The van der Waals surface area contributed by atoms with Gasteiger partial charge in [-0.1, -0.05) is 0 Å². The number of rotatable bonds is 1. The van der Waals surface area contributed by atoms with Crippen LogP contribution in [0.15, 0.2) is 18.5 Å². The van der Waals surface area contributed by atoms with E-state index in [2.05, 4.69) is 16.0 Å². The molecule has 0 aliphatic heterocycles. The van der Waals surface area contributed by atoms with Crippen LogP contribution in [-0.2, 0) is 6.54 Å². The van der Waals surface area contributed by atoms with Crippen LogP contribution >= 0.6 is 0 Å². The quantitative estimate of drug-likeness (QED) is 0.661. The van der Waals surface area contributed by atoms with Gasteiger partial charge in [0.05, 0.1) is 11.9 Å². The predicted molar refractivity (Wildman–Crippen MR) is 45.6 cm³/mol. The Morgan fingerprint density at radius 3 is 3.08 bits per heavy atom. The Balaban J connectivity index is 2.85. The van der Waals surface area contributed by atoms with Crippen LogP contribution in [0.3, 0.4) is 0 Å². The van der Waals surface area contributed by atoms with Crippen LogP contribution in [0.4, 0.5) is 0 Å². The molecule has 0 radical (unpaired) electrons. The number of nitrogens with two attached hydrogens (primary N) is 1. The van der Waals surface area contributed by atoms with Gasteiger partial charge in [-0.3, -0.25) is 4.40 Å². The van der Waals surface area contributed by atoms with E-state index in [0.29, 0.717) is 18.0 Å². The fourth-order valence-electron chi connectivity index (χ4n) is 1.21. The van der Waals surface area contributed by atoms with Crippen molar-refractivity contribution in [3.8, 4) is 6.07 Å². The Morgan fingerprint density at radius 2 is 2.38 bits per heavy atom. The highest BCUT2D eigenvalue weighted by atomic mass is 15.1. The highest BCUT2D eigenvalue weighted by molar-refractivity contribution is 5.37. The third-order valence-corrected chi connectivity index (χ3v) is 1.80. The molecule has 64 valence electrons. The van der Waals surface area contributed by atoms with Crippen molar-refractivity contribution in [1.29, 1.82) is 5.26 Å². The maximum Gasteiger partial charge on any atom is 0.234 e. The molecule has 0 amide bonds. The molecule has 0 fully saturated rings. The van der Waals surface area contributed by atoms with Crippen molar-refractivity contribution >= 4 is 5.78 Å². The maximum atomic E-state index is 8.81. The summed E-state index contributed by atoms with van der Waals surface area (Å²) < 4.78 is 1.65. The van der Waals surface area contributed by atoms with Crippen LogP contribution < -0.4 is 5.73 Å². The monoisotopic (exact) mass is 173 g/mol. The largest absolute Gasteiger partial charge is 0.325 e. The summed E-state index contributed by atoms with van der Waals surface area (Å²) >= 11 is 0. The molecule has 2 aromatic rings. The molecule has 0 saturated carbocycles. The van der Waals surface area contributed by atoms with Gasteiger partial charge in [0.25, 0.3) is 0 Å². The molecule has 2 heterocycles. The van der Waals surface area contributed by atoms with Crippen LogP contribution in [0.2, 0.25) is 0 Å². The normalized spacial score (nSPS) is 10.2. The summed E-state index contributed by atoms with van der Waals surface area (Å²) in [6, 6.07) is 3.69. The summed E-state index contributed by atoms with van der Waals surface area (Å²) in [7, 11) is 0. The third kappa shape index (κ3) is 1.04. The highest BCUT2D eigenvalue weighted by Crippen LogP contribution is 2.06. The Hall–Kier alpha value is -1.93. The molecule has 2 aromatic heterocycles. The molecule has 0 aliphatic rings. The molecule has 0 atom stereocenters. The first-order valence-electron chi connectivity index (χ1n) is 3.78. The number of hydrogen-bond acceptors (Lipinski definition) is 4. The molecule has 0 bridgehead atoms.